The van der Waals surface area contributed by atoms with Crippen molar-refractivity contribution >= 4 is 11.6 Å². The third-order valence-corrected chi connectivity index (χ3v) is 6.29. The van der Waals surface area contributed by atoms with E-state index >= 15 is 0 Å². The van der Waals surface area contributed by atoms with Crippen LogP contribution in [0.15, 0.2) is 42.6 Å². The number of unbranched alkanes of at least 4 members (excludes halogenated alkanes) is 3. The summed E-state index contributed by atoms with van der Waals surface area (Å²) in [7, 11) is 0. The Morgan fingerprint density at radius 3 is 2.43 bits per heavy atom. The third kappa shape index (κ3) is 8.68. The molecule has 2 nitrogen and oxygen atoms in total. The van der Waals surface area contributed by atoms with Gasteiger partial charge in [-0.3, -0.25) is 4.98 Å². The molecule has 1 heterocycles. The van der Waals surface area contributed by atoms with Crippen molar-refractivity contribution in [2.45, 2.75) is 84.4 Å². The summed E-state index contributed by atoms with van der Waals surface area (Å²) in [5, 5.41) is 0.00833. The number of benzene rings is 1. The van der Waals surface area contributed by atoms with Gasteiger partial charge in [-0.25, -0.2) is 0 Å². The van der Waals surface area contributed by atoms with E-state index in [-0.39, 0.29) is 5.38 Å². The number of rotatable bonds is 14. The van der Waals surface area contributed by atoms with E-state index in [0.29, 0.717) is 12.5 Å². The Morgan fingerprint density at radius 1 is 0.967 bits per heavy atom. The van der Waals surface area contributed by atoms with Crippen LogP contribution in [0.1, 0.15) is 78.2 Å². The molecule has 0 spiro atoms. The molecule has 3 heteroatoms. The SMILES string of the molecule is CCCCCCc1cnc(-c2ccccc2)c(OCC(Cl)C(C)CCCC(C)C)c1. The van der Waals surface area contributed by atoms with Crippen molar-refractivity contribution in [1.29, 1.82) is 0 Å². The molecule has 30 heavy (non-hydrogen) atoms. The van der Waals surface area contributed by atoms with Gasteiger partial charge in [-0.2, -0.15) is 0 Å². The van der Waals surface area contributed by atoms with Gasteiger partial charge in [-0.1, -0.05) is 90.1 Å². The zero-order chi connectivity index (χ0) is 21.8. The molecule has 1 aromatic heterocycles. The van der Waals surface area contributed by atoms with E-state index in [2.05, 4.69) is 45.9 Å². The molecule has 0 amide bonds. The molecule has 0 saturated carbocycles. The fraction of sp³-hybridized carbons (Fsp3) is 0.593. The number of aromatic nitrogens is 1. The molecule has 0 saturated heterocycles. The molecule has 2 atom stereocenters. The smallest absolute Gasteiger partial charge is 0.145 e. The van der Waals surface area contributed by atoms with Crippen LogP contribution in [0.25, 0.3) is 11.3 Å². The van der Waals surface area contributed by atoms with Crippen molar-refractivity contribution in [2.75, 3.05) is 6.61 Å². The average molecular weight is 430 g/mol. The Hall–Kier alpha value is -1.54. The minimum Gasteiger partial charge on any atom is -0.490 e. The molecule has 0 bridgehead atoms. The Morgan fingerprint density at radius 2 is 1.73 bits per heavy atom. The van der Waals surface area contributed by atoms with Gasteiger partial charge in [-0.05, 0) is 42.7 Å². The molecular weight excluding hydrogens is 390 g/mol. The topological polar surface area (TPSA) is 22.1 Å². The van der Waals surface area contributed by atoms with Crippen molar-refractivity contribution in [3.05, 3.63) is 48.2 Å². The van der Waals surface area contributed by atoms with Gasteiger partial charge in [-0.15, -0.1) is 11.6 Å². The maximum atomic E-state index is 6.71. The highest BCUT2D eigenvalue weighted by Crippen LogP contribution is 2.30. The number of aryl methyl sites for hydroxylation is 1. The van der Waals surface area contributed by atoms with E-state index in [4.69, 9.17) is 21.3 Å². The first-order chi connectivity index (χ1) is 14.5. The first-order valence-corrected chi connectivity index (χ1v) is 12.3. The van der Waals surface area contributed by atoms with Crippen LogP contribution in [0.4, 0.5) is 0 Å². The molecule has 166 valence electrons. The van der Waals surface area contributed by atoms with Gasteiger partial charge in [0.15, 0.2) is 0 Å². The molecule has 0 N–H and O–H groups in total. The third-order valence-electron chi connectivity index (χ3n) is 5.73. The number of pyridine rings is 1. The van der Waals surface area contributed by atoms with Crippen LogP contribution in [0.2, 0.25) is 0 Å². The lowest BCUT2D eigenvalue weighted by Crippen LogP contribution is -2.20. The number of halogens is 1. The van der Waals surface area contributed by atoms with Crippen molar-refractivity contribution in [2.24, 2.45) is 11.8 Å². The maximum Gasteiger partial charge on any atom is 0.145 e. The van der Waals surface area contributed by atoms with Crippen LogP contribution in [0.3, 0.4) is 0 Å². The first kappa shape index (κ1) is 24.7. The van der Waals surface area contributed by atoms with E-state index in [9.17, 15) is 0 Å². The Balaban J connectivity index is 2.04. The molecule has 2 unspecified atom stereocenters. The quantitative estimate of drug-likeness (QED) is 0.222. The predicted molar refractivity (Wildman–Crippen MR) is 131 cm³/mol. The second-order valence-electron chi connectivity index (χ2n) is 9.00. The highest BCUT2D eigenvalue weighted by molar-refractivity contribution is 6.20. The van der Waals surface area contributed by atoms with Gasteiger partial charge >= 0.3 is 0 Å². The van der Waals surface area contributed by atoms with Gasteiger partial charge < -0.3 is 4.74 Å². The summed E-state index contributed by atoms with van der Waals surface area (Å²) in [6, 6.07) is 12.5. The Labute approximate surface area is 189 Å². The average Bonchev–Trinajstić information content (AvgIpc) is 2.75. The number of alkyl halides is 1. The molecule has 1 aromatic carbocycles. The minimum absolute atomic E-state index is 0.00833. The van der Waals surface area contributed by atoms with Crippen molar-refractivity contribution < 1.29 is 4.74 Å². The molecule has 0 fully saturated rings. The molecule has 2 aromatic rings. The number of nitrogens with zero attached hydrogens (tertiary/aromatic N) is 1. The molecular formula is C27H40ClNO. The van der Waals surface area contributed by atoms with Gasteiger partial charge in [0.25, 0.3) is 0 Å². The molecule has 2 rings (SSSR count). The molecule has 0 aliphatic carbocycles. The number of hydrogen-bond acceptors (Lipinski definition) is 2. The standard InChI is InChI=1S/C27H40ClNO/c1-5-6-7-9-15-23-18-26(27(29-19-23)24-16-10-8-11-17-24)30-20-25(28)22(4)14-12-13-21(2)3/h8,10-11,16-19,21-22,25H,5-7,9,12-15,20H2,1-4H3. The van der Waals surface area contributed by atoms with E-state index in [0.717, 1.165) is 35.8 Å². The zero-order valence-corrected chi connectivity index (χ0v) is 20.1. The van der Waals surface area contributed by atoms with Gasteiger partial charge in [0.1, 0.15) is 18.1 Å². The Bertz CT molecular complexity index is 716. The highest BCUT2D eigenvalue weighted by atomic mass is 35.5. The summed E-state index contributed by atoms with van der Waals surface area (Å²) >= 11 is 6.71. The number of hydrogen-bond donors (Lipinski definition) is 0. The van der Waals surface area contributed by atoms with Gasteiger partial charge in [0.05, 0.1) is 5.38 Å². The molecule has 0 aliphatic heterocycles. The van der Waals surface area contributed by atoms with E-state index in [1.54, 1.807) is 0 Å². The van der Waals surface area contributed by atoms with Crippen LogP contribution in [0, 0.1) is 11.8 Å². The second-order valence-corrected chi connectivity index (χ2v) is 9.56. The summed E-state index contributed by atoms with van der Waals surface area (Å²) in [6.07, 6.45) is 11.7. The second kappa shape index (κ2) is 13.7. The molecule has 0 radical (unpaired) electrons. The highest BCUT2D eigenvalue weighted by Gasteiger charge is 2.17. The van der Waals surface area contributed by atoms with Crippen LogP contribution in [0.5, 0.6) is 5.75 Å². The van der Waals surface area contributed by atoms with E-state index < -0.39 is 0 Å². The fourth-order valence-corrected chi connectivity index (χ4v) is 3.85. The minimum atomic E-state index is 0.00833. The lowest BCUT2D eigenvalue weighted by molar-refractivity contribution is 0.280. The fourth-order valence-electron chi connectivity index (χ4n) is 3.66. The van der Waals surface area contributed by atoms with Gasteiger partial charge in [0.2, 0.25) is 0 Å². The Kier molecular flexibility index (Phi) is 11.3. The summed E-state index contributed by atoms with van der Waals surface area (Å²) in [6.45, 7) is 9.56. The monoisotopic (exact) mass is 429 g/mol. The first-order valence-electron chi connectivity index (χ1n) is 11.8. The summed E-state index contributed by atoms with van der Waals surface area (Å²) < 4.78 is 6.28. The van der Waals surface area contributed by atoms with Crippen LogP contribution < -0.4 is 4.74 Å². The van der Waals surface area contributed by atoms with Crippen molar-refractivity contribution in [3.63, 3.8) is 0 Å². The summed E-state index contributed by atoms with van der Waals surface area (Å²) in [5.74, 6) is 2.05. The summed E-state index contributed by atoms with van der Waals surface area (Å²) in [5.41, 5.74) is 3.24. The van der Waals surface area contributed by atoms with Crippen molar-refractivity contribution in [1.82, 2.24) is 4.98 Å². The molecule has 0 aliphatic rings. The van der Waals surface area contributed by atoms with Crippen LogP contribution in [-0.2, 0) is 6.42 Å². The zero-order valence-electron chi connectivity index (χ0n) is 19.4. The van der Waals surface area contributed by atoms with Crippen LogP contribution in [-0.4, -0.2) is 17.0 Å². The lowest BCUT2D eigenvalue weighted by Gasteiger charge is -2.20. The van der Waals surface area contributed by atoms with Crippen molar-refractivity contribution in [3.8, 4) is 17.0 Å². The lowest BCUT2D eigenvalue weighted by atomic mass is 9.97. The van der Waals surface area contributed by atoms with Crippen LogP contribution >= 0.6 is 11.6 Å². The largest absolute Gasteiger partial charge is 0.490 e. The number of ether oxygens (including phenoxy) is 1. The predicted octanol–water partition coefficient (Wildman–Crippen LogP) is 8.32. The normalized spacial score (nSPS) is 13.4. The van der Waals surface area contributed by atoms with E-state index in [1.807, 2.05) is 24.4 Å². The van der Waals surface area contributed by atoms with Gasteiger partial charge in [0, 0.05) is 11.8 Å². The van der Waals surface area contributed by atoms with E-state index in [1.165, 1.54) is 44.1 Å². The maximum absolute atomic E-state index is 6.71. The summed E-state index contributed by atoms with van der Waals surface area (Å²) in [4.78, 5) is 4.77.